The third kappa shape index (κ3) is 4.17. The van der Waals surface area contributed by atoms with E-state index in [1.54, 1.807) is 30.3 Å². The van der Waals surface area contributed by atoms with Crippen LogP contribution in [0.4, 0.5) is 11.4 Å². The molecule has 0 fully saturated rings. The molecule has 2 N–H and O–H groups in total. The fourth-order valence-electron chi connectivity index (χ4n) is 2.10. The molecule has 5 heteroatoms. The van der Waals surface area contributed by atoms with Gasteiger partial charge in [0.1, 0.15) is 6.42 Å². The monoisotopic (exact) mass is 307 g/mol. The van der Waals surface area contributed by atoms with Gasteiger partial charge in [0.15, 0.2) is 0 Å². The molecule has 0 radical (unpaired) electrons. The molecule has 0 heterocycles. The summed E-state index contributed by atoms with van der Waals surface area (Å²) in [4.78, 5) is 23.8. The summed E-state index contributed by atoms with van der Waals surface area (Å²) in [5, 5.41) is 13.9. The molecule has 2 rings (SSSR count). The molecule has 0 aliphatic carbocycles. The predicted octanol–water partition coefficient (Wildman–Crippen LogP) is 3.41. The van der Waals surface area contributed by atoms with Gasteiger partial charge in [-0.25, -0.2) is 0 Å². The van der Waals surface area contributed by atoms with Gasteiger partial charge < -0.3 is 10.6 Å². The van der Waals surface area contributed by atoms with E-state index in [1.807, 2.05) is 32.0 Å². The molecule has 0 bridgehead atoms. The van der Waals surface area contributed by atoms with Crippen molar-refractivity contribution in [2.45, 2.75) is 20.3 Å². The van der Waals surface area contributed by atoms with E-state index in [0.29, 0.717) is 11.3 Å². The van der Waals surface area contributed by atoms with Crippen molar-refractivity contribution in [3.63, 3.8) is 0 Å². The summed E-state index contributed by atoms with van der Waals surface area (Å²) in [7, 11) is 0. The normalized spacial score (nSPS) is 9.78. The number of nitrogens with one attached hydrogen (secondary N) is 2. The number of hydrogen-bond donors (Lipinski definition) is 2. The van der Waals surface area contributed by atoms with Gasteiger partial charge in [-0.05, 0) is 49.2 Å². The Morgan fingerprint density at radius 2 is 1.83 bits per heavy atom. The molecule has 0 saturated carbocycles. The summed E-state index contributed by atoms with van der Waals surface area (Å²) >= 11 is 0. The van der Waals surface area contributed by atoms with Gasteiger partial charge in [0.2, 0.25) is 5.91 Å². The van der Waals surface area contributed by atoms with E-state index in [9.17, 15) is 9.59 Å². The van der Waals surface area contributed by atoms with E-state index in [2.05, 4.69) is 10.6 Å². The van der Waals surface area contributed by atoms with E-state index in [1.165, 1.54) is 0 Å². The van der Waals surface area contributed by atoms with Crippen LogP contribution in [0, 0.1) is 25.2 Å². The van der Waals surface area contributed by atoms with Crippen LogP contribution in [0.2, 0.25) is 0 Å². The molecule has 0 spiro atoms. The predicted molar refractivity (Wildman–Crippen MR) is 89.2 cm³/mol. The SMILES string of the molecule is Cc1cccc(NC(=O)c2cccc(NC(=O)CC#N)c2)c1C. The lowest BCUT2D eigenvalue weighted by Crippen LogP contribution is -2.14. The molecule has 5 nitrogen and oxygen atoms in total. The standard InChI is InChI=1S/C18H17N3O2/c1-12-5-3-8-16(13(12)2)21-18(23)14-6-4-7-15(11-14)20-17(22)9-10-19/h3-8,11H,9H2,1-2H3,(H,20,22)(H,21,23). The zero-order valence-electron chi connectivity index (χ0n) is 13.0. The maximum Gasteiger partial charge on any atom is 0.255 e. The Bertz CT molecular complexity index is 791. The van der Waals surface area contributed by atoms with Gasteiger partial charge >= 0.3 is 0 Å². The number of hydrogen-bond acceptors (Lipinski definition) is 3. The van der Waals surface area contributed by atoms with Crippen LogP contribution in [-0.4, -0.2) is 11.8 Å². The van der Waals surface area contributed by atoms with E-state index in [4.69, 9.17) is 5.26 Å². The topological polar surface area (TPSA) is 82.0 Å². The molecule has 0 saturated heterocycles. The lowest BCUT2D eigenvalue weighted by atomic mass is 10.1. The van der Waals surface area contributed by atoms with E-state index >= 15 is 0 Å². The lowest BCUT2D eigenvalue weighted by molar-refractivity contribution is -0.115. The van der Waals surface area contributed by atoms with Crippen LogP contribution in [0.15, 0.2) is 42.5 Å². The van der Waals surface area contributed by atoms with Gasteiger partial charge in [-0.15, -0.1) is 0 Å². The molecule has 116 valence electrons. The molecule has 23 heavy (non-hydrogen) atoms. The number of benzene rings is 2. The number of amides is 2. The Morgan fingerprint density at radius 1 is 1.09 bits per heavy atom. The van der Waals surface area contributed by atoms with Gasteiger partial charge in [0.05, 0.1) is 6.07 Å². The molecular weight excluding hydrogens is 290 g/mol. The minimum Gasteiger partial charge on any atom is -0.325 e. The van der Waals surface area contributed by atoms with Crippen molar-refractivity contribution in [1.29, 1.82) is 5.26 Å². The Kier molecular flexibility index (Phi) is 5.11. The summed E-state index contributed by atoms with van der Waals surface area (Å²) in [6.07, 6.45) is -0.223. The first kappa shape index (κ1) is 16.2. The minimum absolute atomic E-state index is 0.223. The minimum atomic E-state index is -0.403. The first-order valence-corrected chi connectivity index (χ1v) is 7.15. The number of nitrogens with zero attached hydrogens (tertiary/aromatic N) is 1. The number of carbonyl (C=O) groups is 2. The number of carbonyl (C=O) groups excluding carboxylic acids is 2. The van der Waals surface area contributed by atoms with Gasteiger partial charge in [0.25, 0.3) is 5.91 Å². The Labute approximate surface area is 134 Å². The maximum absolute atomic E-state index is 12.4. The fourth-order valence-corrected chi connectivity index (χ4v) is 2.10. The summed E-state index contributed by atoms with van der Waals surface area (Å²) in [6.45, 7) is 3.93. The summed E-state index contributed by atoms with van der Waals surface area (Å²) in [5.41, 5.74) is 3.79. The molecule has 0 unspecified atom stereocenters. The van der Waals surface area contributed by atoms with Crippen molar-refractivity contribution in [3.05, 3.63) is 59.2 Å². The largest absolute Gasteiger partial charge is 0.325 e. The quantitative estimate of drug-likeness (QED) is 0.908. The Balaban J connectivity index is 2.15. The van der Waals surface area contributed by atoms with E-state index in [0.717, 1.165) is 16.8 Å². The average molecular weight is 307 g/mol. The Morgan fingerprint density at radius 3 is 2.57 bits per heavy atom. The van der Waals surface area contributed by atoms with Gasteiger partial charge in [-0.2, -0.15) is 5.26 Å². The summed E-state index contributed by atoms with van der Waals surface area (Å²) < 4.78 is 0. The molecule has 0 aliphatic rings. The number of rotatable bonds is 4. The van der Waals surface area contributed by atoms with Crippen molar-refractivity contribution in [1.82, 2.24) is 0 Å². The van der Waals surface area contributed by atoms with Crippen molar-refractivity contribution >= 4 is 23.2 Å². The van der Waals surface area contributed by atoms with Crippen LogP contribution in [0.25, 0.3) is 0 Å². The first-order chi connectivity index (χ1) is 11.0. The van der Waals surface area contributed by atoms with Crippen molar-refractivity contribution in [2.75, 3.05) is 10.6 Å². The highest BCUT2D eigenvalue weighted by Crippen LogP contribution is 2.19. The van der Waals surface area contributed by atoms with Crippen LogP contribution >= 0.6 is 0 Å². The number of nitriles is 1. The highest BCUT2D eigenvalue weighted by molar-refractivity contribution is 6.05. The smallest absolute Gasteiger partial charge is 0.255 e. The third-order valence-corrected chi connectivity index (χ3v) is 3.50. The second kappa shape index (κ2) is 7.23. The average Bonchev–Trinajstić information content (AvgIpc) is 2.52. The van der Waals surface area contributed by atoms with Gasteiger partial charge in [-0.3, -0.25) is 9.59 Å². The highest BCUT2D eigenvalue weighted by atomic mass is 16.2. The second-order valence-corrected chi connectivity index (χ2v) is 5.17. The molecule has 0 aromatic heterocycles. The molecule has 2 aromatic carbocycles. The second-order valence-electron chi connectivity index (χ2n) is 5.17. The molecule has 2 aromatic rings. The van der Waals surface area contributed by atoms with Crippen LogP contribution in [0.3, 0.4) is 0 Å². The molecule has 2 amide bonds. The third-order valence-electron chi connectivity index (χ3n) is 3.50. The van der Waals surface area contributed by atoms with E-state index < -0.39 is 5.91 Å². The van der Waals surface area contributed by atoms with Crippen LogP contribution in [0.5, 0.6) is 0 Å². The van der Waals surface area contributed by atoms with Crippen LogP contribution < -0.4 is 10.6 Å². The zero-order valence-corrected chi connectivity index (χ0v) is 13.0. The molecule has 0 atom stereocenters. The number of aryl methyl sites for hydroxylation is 1. The van der Waals surface area contributed by atoms with Crippen LogP contribution in [-0.2, 0) is 4.79 Å². The first-order valence-electron chi connectivity index (χ1n) is 7.15. The molecular formula is C18H17N3O2. The zero-order chi connectivity index (χ0) is 16.8. The summed E-state index contributed by atoms with van der Waals surface area (Å²) in [6, 6.07) is 14.1. The molecule has 0 aliphatic heterocycles. The van der Waals surface area contributed by atoms with Gasteiger partial charge in [-0.1, -0.05) is 18.2 Å². The van der Waals surface area contributed by atoms with Crippen LogP contribution in [0.1, 0.15) is 27.9 Å². The fraction of sp³-hybridized carbons (Fsp3) is 0.167. The maximum atomic E-state index is 12.4. The van der Waals surface area contributed by atoms with E-state index in [-0.39, 0.29) is 12.3 Å². The van der Waals surface area contributed by atoms with Crippen molar-refractivity contribution in [2.24, 2.45) is 0 Å². The lowest BCUT2D eigenvalue weighted by Gasteiger charge is -2.11. The highest BCUT2D eigenvalue weighted by Gasteiger charge is 2.10. The van der Waals surface area contributed by atoms with Crippen molar-refractivity contribution < 1.29 is 9.59 Å². The summed E-state index contributed by atoms with van der Waals surface area (Å²) in [5.74, 6) is -0.658. The Hall–Kier alpha value is -3.13. The van der Waals surface area contributed by atoms with Crippen molar-refractivity contribution in [3.8, 4) is 6.07 Å². The number of anilines is 2. The van der Waals surface area contributed by atoms with Gasteiger partial charge in [0, 0.05) is 16.9 Å².